The Morgan fingerprint density at radius 3 is 2.91 bits per heavy atom. The molecule has 0 saturated heterocycles. The highest BCUT2D eigenvalue weighted by atomic mass is 35.5. The van der Waals surface area contributed by atoms with Crippen LogP contribution in [0.5, 0.6) is 0 Å². The van der Waals surface area contributed by atoms with E-state index in [1.807, 2.05) is 31.3 Å². The van der Waals surface area contributed by atoms with E-state index in [9.17, 15) is 0 Å². The number of nitrogens with zero attached hydrogens (tertiary/aromatic N) is 2. The molecule has 1 aliphatic heterocycles. The quantitative estimate of drug-likeness (QED) is 0.514. The maximum Gasteiger partial charge on any atom is 0.193 e. The topological polar surface area (TPSA) is 36.9 Å². The average molecular weight is 322 g/mol. The molecule has 120 valence electrons. The van der Waals surface area contributed by atoms with Crippen molar-refractivity contribution in [3.8, 4) is 0 Å². The first-order valence-corrected chi connectivity index (χ1v) is 7.99. The van der Waals surface area contributed by atoms with Gasteiger partial charge >= 0.3 is 0 Å². The van der Waals surface area contributed by atoms with E-state index >= 15 is 0 Å². The molecule has 0 radical (unpaired) electrons. The summed E-state index contributed by atoms with van der Waals surface area (Å²) in [6.07, 6.45) is 4.25. The molecule has 0 bridgehead atoms. The Labute approximate surface area is 137 Å². The zero-order valence-electron chi connectivity index (χ0n) is 13.3. The molecule has 1 heterocycles. The van der Waals surface area contributed by atoms with Crippen molar-refractivity contribution in [1.82, 2.24) is 10.2 Å². The first kappa shape index (κ1) is 16.8. The van der Waals surface area contributed by atoms with E-state index in [0.717, 1.165) is 55.7 Å². The average Bonchev–Trinajstić information content (AvgIpc) is 2.54. The van der Waals surface area contributed by atoms with Gasteiger partial charge in [-0.1, -0.05) is 41.4 Å². The predicted molar refractivity (Wildman–Crippen MR) is 92.4 cm³/mol. The van der Waals surface area contributed by atoms with Crippen LogP contribution < -0.4 is 5.32 Å². The van der Waals surface area contributed by atoms with Gasteiger partial charge in [0.05, 0.1) is 13.2 Å². The summed E-state index contributed by atoms with van der Waals surface area (Å²) >= 11 is 6.22. The molecule has 0 saturated carbocycles. The fourth-order valence-corrected chi connectivity index (χ4v) is 2.66. The second-order valence-corrected chi connectivity index (χ2v) is 5.77. The maximum absolute atomic E-state index is 6.22. The van der Waals surface area contributed by atoms with E-state index in [1.165, 1.54) is 5.57 Å². The molecule has 0 fully saturated rings. The molecule has 1 aliphatic rings. The lowest BCUT2D eigenvalue weighted by atomic mass is 10.1. The standard InChI is InChI=1S/C17H24ClN3O/c1-19-17(20-10-7-14-8-11-22-12-9-14)21(2)13-15-5-3-4-6-16(15)18/h3-6,8H,7,9-13H2,1-2H3,(H,19,20). The van der Waals surface area contributed by atoms with Crippen LogP contribution in [-0.2, 0) is 11.3 Å². The zero-order chi connectivity index (χ0) is 15.8. The lowest BCUT2D eigenvalue weighted by Crippen LogP contribution is -2.39. The van der Waals surface area contributed by atoms with Crippen LogP contribution in [0.4, 0.5) is 0 Å². The lowest BCUT2D eigenvalue weighted by molar-refractivity contribution is 0.153. The lowest BCUT2D eigenvalue weighted by Gasteiger charge is -2.23. The highest BCUT2D eigenvalue weighted by Gasteiger charge is 2.09. The van der Waals surface area contributed by atoms with E-state index in [1.54, 1.807) is 7.05 Å². The van der Waals surface area contributed by atoms with Crippen LogP contribution in [0.25, 0.3) is 0 Å². The molecule has 4 nitrogen and oxygen atoms in total. The molecule has 1 aromatic carbocycles. The molecule has 0 spiro atoms. The van der Waals surface area contributed by atoms with Crippen LogP contribution in [0.2, 0.25) is 5.02 Å². The van der Waals surface area contributed by atoms with Gasteiger partial charge in [0, 0.05) is 32.2 Å². The number of ether oxygens (including phenoxy) is 1. The summed E-state index contributed by atoms with van der Waals surface area (Å²) in [4.78, 5) is 6.42. The van der Waals surface area contributed by atoms with Crippen LogP contribution in [0.15, 0.2) is 40.9 Å². The van der Waals surface area contributed by atoms with Crippen LogP contribution in [0.3, 0.4) is 0 Å². The Balaban J connectivity index is 1.83. The number of benzene rings is 1. The van der Waals surface area contributed by atoms with Gasteiger partial charge in [-0.15, -0.1) is 0 Å². The second-order valence-electron chi connectivity index (χ2n) is 5.36. The predicted octanol–water partition coefficient (Wildman–Crippen LogP) is 3.08. The number of hydrogen-bond donors (Lipinski definition) is 1. The fourth-order valence-electron chi connectivity index (χ4n) is 2.47. The molecule has 0 unspecified atom stereocenters. The second kappa shape index (κ2) is 8.81. The molecule has 22 heavy (non-hydrogen) atoms. The minimum absolute atomic E-state index is 0.732. The van der Waals surface area contributed by atoms with Crippen LogP contribution >= 0.6 is 11.6 Å². The number of rotatable bonds is 5. The molecule has 0 amide bonds. The number of halogens is 1. The number of hydrogen-bond acceptors (Lipinski definition) is 2. The van der Waals surface area contributed by atoms with Gasteiger partial charge in [0.2, 0.25) is 0 Å². The molecule has 0 atom stereocenters. The number of aliphatic imine (C=N–C) groups is 1. The Bertz CT molecular complexity index is 542. The van der Waals surface area contributed by atoms with Gasteiger partial charge in [0.1, 0.15) is 0 Å². The minimum atomic E-state index is 0.732. The van der Waals surface area contributed by atoms with Crippen LogP contribution in [0, 0.1) is 0 Å². The van der Waals surface area contributed by atoms with Crippen molar-refractivity contribution in [2.45, 2.75) is 19.4 Å². The van der Waals surface area contributed by atoms with Crippen LogP contribution in [-0.4, -0.2) is 44.7 Å². The zero-order valence-corrected chi connectivity index (χ0v) is 14.1. The third kappa shape index (κ3) is 5.04. The highest BCUT2D eigenvalue weighted by molar-refractivity contribution is 6.31. The number of nitrogens with one attached hydrogen (secondary N) is 1. The van der Waals surface area contributed by atoms with Gasteiger partial charge in [0.25, 0.3) is 0 Å². The Morgan fingerprint density at radius 1 is 1.41 bits per heavy atom. The van der Waals surface area contributed by atoms with Crippen molar-refractivity contribution >= 4 is 17.6 Å². The Hall–Kier alpha value is -1.52. The van der Waals surface area contributed by atoms with Gasteiger partial charge < -0.3 is 15.0 Å². The van der Waals surface area contributed by atoms with Gasteiger partial charge in [-0.2, -0.15) is 0 Å². The van der Waals surface area contributed by atoms with Gasteiger partial charge in [-0.25, -0.2) is 0 Å². The largest absolute Gasteiger partial charge is 0.377 e. The third-order valence-corrected chi connectivity index (χ3v) is 4.09. The summed E-state index contributed by atoms with van der Waals surface area (Å²) < 4.78 is 5.32. The first-order valence-electron chi connectivity index (χ1n) is 7.61. The smallest absolute Gasteiger partial charge is 0.193 e. The highest BCUT2D eigenvalue weighted by Crippen LogP contribution is 2.16. The number of guanidine groups is 1. The summed E-state index contributed by atoms with van der Waals surface area (Å²) in [6, 6.07) is 7.90. The van der Waals surface area contributed by atoms with E-state index in [4.69, 9.17) is 16.3 Å². The van der Waals surface area contributed by atoms with Gasteiger partial charge in [-0.05, 0) is 24.5 Å². The maximum atomic E-state index is 6.22. The van der Waals surface area contributed by atoms with E-state index < -0.39 is 0 Å². The molecular formula is C17H24ClN3O. The monoisotopic (exact) mass is 321 g/mol. The van der Waals surface area contributed by atoms with Crippen molar-refractivity contribution in [3.05, 3.63) is 46.5 Å². The van der Waals surface area contributed by atoms with Crippen LogP contribution in [0.1, 0.15) is 18.4 Å². The SMILES string of the molecule is CN=C(NCCC1=CCOCC1)N(C)Cc1ccccc1Cl. The van der Waals surface area contributed by atoms with Gasteiger partial charge in [-0.3, -0.25) is 4.99 Å². The molecule has 0 aliphatic carbocycles. The summed E-state index contributed by atoms with van der Waals surface area (Å²) in [5.41, 5.74) is 2.56. The normalized spacial score (nSPS) is 15.4. The van der Waals surface area contributed by atoms with Crippen molar-refractivity contribution in [3.63, 3.8) is 0 Å². The van der Waals surface area contributed by atoms with E-state index in [2.05, 4.69) is 21.3 Å². The molecule has 2 rings (SSSR count). The summed E-state index contributed by atoms with van der Waals surface area (Å²) in [6.45, 7) is 3.20. The van der Waals surface area contributed by atoms with Crippen molar-refractivity contribution in [2.24, 2.45) is 4.99 Å². The van der Waals surface area contributed by atoms with Crippen molar-refractivity contribution < 1.29 is 4.74 Å². The van der Waals surface area contributed by atoms with Crippen molar-refractivity contribution in [2.75, 3.05) is 33.9 Å². The summed E-state index contributed by atoms with van der Waals surface area (Å²) in [7, 11) is 3.82. The molecule has 0 aromatic heterocycles. The van der Waals surface area contributed by atoms with Gasteiger partial charge in [0.15, 0.2) is 5.96 Å². The van der Waals surface area contributed by atoms with E-state index in [-0.39, 0.29) is 0 Å². The molecule has 1 N–H and O–H groups in total. The molecular weight excluding hydrogens is 298 g/mol. The third-order valence-electron chi connectivity index (χ3n) is 3.73. The Morgan fingerprint density at radius 2 is 2.23 bits per heavy atom. The summed E-state index contributed by atoms with van der Waals surface area (Å²) in [5, 5.41) is 4.20. The first-order chi connectivity index (χ1) is 10.7. The molecule has 1 aromatic rings. The van der Waals surface area contributed by atoms with Crippen molar-refractivity contribution in [1.29, 1.82) is 0 Å². The summed E-state index contributed by atoms with van der Waals surface area (Å²) in [5.74, 6) is 0.882. The Kier molecular flexibility index (Phi) is 6.74. The minimum Gasteiger partial charge on any atom is -0.377 e. The fraction of sp³-hybridized carbons (Fsp3) is 0.471. The molecule has 5 heteroatoms. The van der Waals surface area contributed by atoms with E-state index in [0.29, 0.717) is 0 Å².